The molecule has 1 N–H and O–H groups in total. The number of hydrogen-bond donors (Lipinski definition) is 1. The van der Waals surface area contributed by atoms with Crippen LogP contribution in [0.15, 0.2) is 46.4 Å². The summed E-state index contributed by atoms with van der Waals surface area (Å²) in [7, 11) is 0. The fourth-order valence-corrected chi connectivity index (χ4v) is 3.91. The van der Waals surface area contributed by atoms with E-state index in [2.05, 4.69) is 21.2 Å². The summed E-state index contributed by atoms with van der Waals surface area (Å²) in [6.45, 7) is 8.01. The van der Waals surface area contributed by atoms with Gasteiger partial charge in [0, 0.05) is 0 Å². The van der Waals surface area contributed by atoms with Crippen molar-refractivity contribution in [1.82, 2.24) is 5.32 Å². The number of carbonyl (C=O) groups excluding carboxylic acids is 3. The quantitative estimate of drug-likeness (QED) is 0.433. The van der Waals surface area contributed by atoms with E-state index in [0.717, 1.165) is 10.5 Å². The number of hydrogen-bond acceptors (Lipinski definition) is 5. The van der Waals surface area contributed by atoms with Crippen molar-refractivity contribution in [2.45, 2.75) is 40.2 Å². The molecule has 0 radical (unpaired) electrons. The van der Waals surface area contributed by atoms with Gasteiger partial charge in [-0.1, -0.05) is 25.1 Å². The van der Waals surface area contributed by atoms with Gasteiger partial charge < -0.3 is 9.47 Å². The van der Waals surface area contributed by atoms with E-state index in [4.69, 9.17) is 9.47 Å². The third-order valence-electron chi connectivity index (χ3n) is 4.71. The molecule has 0 bridgehead atoms. The second kappa shape index (κ2) is 9.99. The smallest absolute Gasteiger partial charge is 0.335 e. The lowest BCUT2D eigenvalue weighted by Gasteiger charge is -2.28. The monoisotopic (exact) mass is 500 g/mol. The van der Waals surface area contributed by atoms with Gasteiger partial charge in [0.25, 0.3) is 11.8 Å². The molecule has 0 atom stereocenters. The molecule has 1 heterocycles. The molecule has 0 aromatic heterocycles. The highest BCUT2D eigenvalue weighted by Crippen LogP contribution is 2.38. The van der Waals surface area contributed by atoms with Crippen molar-refractivity contribution in [3.8, 4) is 11.5 Å². The van der Waals surface area contributed by atoms with E-state index in [0.29, 0.717) is 40.3 Å². The third kappa shape index (κ3) is 4.85. The Morgan fingerprint density at radius 2 is 1.84 bits per heavy atom. The van der Waals surface area contributed by atoms with Crippen LogP contribution in [0.25, 0.3) is 6.08 Å². The second-order valence-corrected chi connectivity index (χ2v) is 8.22. The van der Waals surface area contributed by atoms with Crippen LogP contribution in [0.3, 0.4) is 0 Å². The summed E-state index contributed by atoms with van der Waals surface area (Å²) in [5, 5.41) is 2.26. The number of nitrogens with one attached hydrogen (secondary N) is 1. The molecule has 168 valence electrons. The Bertz CT molecular complexity index is 1090. The molecule has 4 amide bonds. The fourth-order valence-electron chi connectivity index (χ4n) is 3.36. The molecular formula is C24H25BrN2O5. The van der Waals surface area contributed by atoms with Crippen molar-refractivity contribution >= 4 is 45.5 Å². The van der Waals surface area contributed by atoms with E-state index >= 15 is 0 Å². The number of benzene rings is 2. The maximum Gasteiger partial charge on any atom is 0.335 e. The molecule has 1 aliphatic rings. The topological polar surface area (TPSA) is 84.9 Å². The van der Waals surface area contributed by atoms with Gasteiger partial charge in [0.2, 0.25) is 0 Å². The number of imide groups is 2. The van der Waals surface area contributed by atoms with Gasteiger partial charge in [0.1, 0.15) is 5.57 Å². The zero-order valence-electron chi connectivity index (χ0n) is 18.4. The zero-order valence-corrected chi connectivity index (χ0v) is 20.0. The SMILES string of the molecule is CCOc1cc(/C=C2/C(=O)NC(=O)N(c3ccccc3CC)C2=O)cc(Br)c1OC(C)C. The average molecular weight is 501 g/mol. The number of urea groups is 1. The van der Waals surface area contributed by atoms with E-state index < -0.39 is 17.8 Å². The molecule has 0 spiro atoms. The number of rotatable bonds is 7. The van der Waals surface area contributed by atoms with Gasteiger partial charge in [-0.15, -0.1) is 0 Å². The first kappa shape index (κ1) is 23.5. The molecule has 2 aromatic rings. The van der Waals surface area contributed by atoms with Gasteiger partial charge in [0.05, 0.1) is 22.9 Å². The van der Waals surface area contributed by atoms with Crippen LogP contribution >= 0.6 is 15.9 Å². The Hall–Kier alpha value is -3.13. The highest BCUT2D eigenvalue weighted by molar-refractivity contribution is 9.10. The molecule has 3 rings (SSSR count). The van der Waals surface area contributed by atoms with Gasteiger partial charge in [-0.25, -0.2) is 9.69 Å². The lowest BCUT2D eigenvalue weighted by atomic mass is 10.0. The van der Waals surface area contributed by atoms with Gasteiger partial charge in [-0.2, -0.15) is 0 Å². The summed E-state index contributed by atoms with van der Waals surface area (Å²) in [5.74, 6) is -0.412. The van der Waals surface area contributed by atoms with E-state index in [9.17, 15) is 14.4 Å². The highest BCUT2D eigenvalue weighted by Gasteiger charge is 2.37. The number of aryl methyl sites for hydroxylation is 1. The van der Waals surface area contributed by atoms with Crippen molar-refractivity contribution in [1.29, 1.82) is 0 Å². The van der Waals surface area contributed by atoms with Crippen molar-refractivity contribution in [3.63, 3.8) is 0 Å². The first-order valence-corrected chi connectivity index (χ1v) is 11.2. The molecular weight excluding hydrogens is 476 g/mol. The van der Waals surface area contributed by atoms with Gasteiger partial charge >= 0.3 is 6.03 Å². The molecule has 1 saturated heterocycles. The third-order valence-corrected chi connectivity index (χ3v) is 5.30. The highest BCUT2D eigenvalue weighted by atomic mass is 79.9. The first-order valence-electron chi connectivity index (χ1n) is 10.4. The van der Waals surface area contributed by atoms with Crippen LogP contribution in [0.5, 0.6) is 11.5 Å². The average Bonchev–Trinajstić information content (AvgIpc) is 2.74. The molecule has 8 heteroatoms. The largest absolute Gasteiger partial charge is 0.490 e. The molecule has 0 saturated carbocycles. The van der Waals surface area contributed by atoms with E-state index in [-0.39, 0.29) is 11.7 Å². The number of barbiturate groups is 1. The normalized spacial score (nSPS) is 15.4. The number of halogens is 1. The summed E-state index contributed by atoms with van der Waals surface area (Å²) in [5.41, 5.74) is 1.67. The number of anilines is 1. The Kier molecular flexibility index (Phi) is 7.35. The van der Waals surface area contributed by atoms with E-state index in [1.807, 2.05) is 39.8 Å². The minimum absolute atomic E-state index is 0.0707. The molecule has 0 aliphatic carbocycles. The Morgan fingerprint density at radius 1 is 1.12 bits per heavy atom. The minimum Gasteiger partial charge on any atom is -0.490 e. The molecule has 1 aliphatic heterocycles. The second-order valence-electron chi connectivity index (χ2n) is 7.37. The standard InChI is InChI=1S/C24H25BrN2O5/c1-5-16-9-7-8-10-19(16)27-23(29)17(22(28)26-24(27)30)11-15-12-18(25)21(32-14(3)4)20(13-15)31-6-2/h7-14H,5-6H2,1-4H3,(H,26,28,30)/b17-11-. The van der Waals surface area contributed by atoms with Crippen LogP contribution in [0.4, 0.5) is 10.5 Å². The lowest BCUT2D eigenvalue weighted by Crippen LogP contribution is -2.54. The van der Waals surface area contributed by atoms with E-state index in [1.165, 1.54) is 6.08 Å². The number of amides is 4. The molecule has 32 heavy (non-hydrogen) atoms. The predicted octanol–water partition coefficient (Wildman–Crippen LogP) is 4.86. The first-order chi connectivity index (χ1) is 15.3. The summed E-state index contributed by atoms with van der Waals surface area (Å²) in [4.78, 5) is 39.3. The lowest BCUT2D eigenvalue weighted by molar-refractivity contribution is -0.122. The number of para-hydroxylation sites is 1. The zero-order chi connectivity index (χ0) is 23.4. The van der Waals surface area contributed by atoms with Crippen LogP contribution in [0.1, 0.15) is 38.8 Å². The van der Waals surface area contributed by atoms with Crippen molar-refractivity contribution in [2.75, 3.05) is 11.5 Å². The van der Waals surface area contributed by atoms with Crippen LogP contribution < -0.4 is 19.7 Å². The Morgan fingerprint density at radius 3 is 2.50 bits per heavy atom. The molecule has 2 aromatic carbocycles. The minimum atomic E-state index is -0.769. The van der Waals surface area contributed by atoms with E-state index in [1.54, 1.807) is 24.3 Å². The van der Waals surface area contributed by atoms with Crippen LogP contribution in [-0.4, -0.2) is 30.6 Å². The summed E-state index contributed by atoms with van der Waals surface area (Å²) in [6.07, 6.45) is 2.00. The number of carbonyl (C=O) groups is 3. The molecule has 1 fully saturated rings. The molecule has 0 unspecified atom stereocenters. The maximum atomic E-state index is 13.2. The van der Waals surface area contributed by atoms with Crippen molar-refractivity contribution < 1.29 is 23.9 Å². The van der Waals surface area contributed by atoms with Crippen molar-refractivity contribution in [3.05, 3.63) is 57.6 Å². The van der Waals surface area contributed by atoms with Crippen LogP contribution in [-0.2, 0) is 16.0 Å². The Balaban J connectivity index is 2.06. The number of ether oxygens (including phenoxy) is 2. The fraction of sp³-hybridized carbons (Fsp3) is 0.292. The van der Waals surface area contributed by atoms with Crippen LogP contribution in [0.2, 0.25) is 0 Å². The van der Waals surface area contributed by atoms with Gasteiger partial charge in [-0.05, 0) is 78.5 Å². The molecule has 7 nitrogen and oxygen atoms in total. The maximum absolute atomic E-state index is 13.2. The van der Waals surface area contributed by atoms with Crippen LogP contribution in [0, 0.1) is 0 Å². The van der Waals surface area contributed by atoms with Crippen molar-refractivity contribution in [2.24, 2.45) is 0 Å². The Labute approximate surface area is 195 Å². The summed E-state index contributed by atoms with van der Waals surface area (Å²) >= 11 is 3.48. The van der Waals surface area contributed by atoms with Gasteiger partial charge in [0.15, 0.2) is 11.5 Å². The summed E-state index contributed by atoms with van der Waals surface area (Å²) < 4.78 is 12.2. The van der Waals surface area contributed by atoms with Gasteiger partial charge in [-0.3, -0.25) is 14.9 Å². The number of nitrogens with zero attached hydrogens (tertiary/aromatic N) is 1. The summed E-state index contributed by atoms with van der Waals surface area (Å²) in [6, 6.07) is 9.77. The predicted molar refractivity (Wildman–Crippen MR) is 126 cm³/mol.